The molecule has 1 aliphatic heterocycles. The van der Waals surface area contributed by atoms with Crippen LogP contribution in [-0.4, -0.2) is 92.2 Å². The summed E-state index contributed by atoms with van der Waals surface area (Å²) in [4.78, 5) is 26.4. The highest BCUT2D eigenvalue weighted by atomic mass is 16.5. The number of rotatable bonds is 11. The molecule has 9 heteroatoms. The van der Waals surface area contributed by atoms with Crippen LogP contribution in [-0.2, 0) is 14.3 Å². The zero-order valence-corrected chi connectivity index (χ0v) is 20.3. The Bertz CT molecular complexity index is 925. The highest BCUT2D eigenvalue weighted by molar-refractivity contribution is 5.97. The molecule has 0 bridgehead atoms. The molecule has 0 saturated carbocycles. The molecule has 0 aliphatic carbocycles. The number of benzene rings is 1. The predicted molar refractivity (Wildman–Crippen MR) is 133 cm³/mol. The summed E-state index contributed by atoms with van der Waals surface area (Å²) in [6.07, 6.45) is 4.81. The number of nitrogens with zero attached hydrogens (tertiary/aromatic N) is 1. The largest absolute Gasteiger partial charge is 0.511 e. The molecule has 9 nitrogen and oxygen atoms in total. The van der Waals surface area contributed by atoms with Gasteiger partial charge in [0.25, 0.3) is 5.91 Å². The molecule has 35 heavy (non-hydrogen) atoms. The summed E-state index contributed by atoms with van der Waals surface area (Å²) < 4.78 is 9.92. The molecule has 1 aromatic rings. The van der Waals surface area contributed by atoms with Gasteiger partial charge in [-0.25, -0.2) is 4.79 Å². The molecule has 2 rings (SSSR count). The molecular formula is C26H35N3O6. The van der Waals surface area contributed by atoms with Crippen molar-refractivity contribution in [3.8, 4) is 11.8 Å². The van der Waals surface area contributed by atoms with Crippen molar-refractivity contribution in [2.45, 2.75) is 25.5 Å². The van der Waals surface area contributed by atoms with Gasteiger partial charge in [-0.2, -0.15) is 0 Å². The van der Waals surface area contributed by atoms with Gasteiger partial charge in [0.05, 0.1) is 33.0 Å². The number of carbonyl (C=O) groups is 2. The van der Waals surface area contributed by atoms with Crippen molar-refractivity contribution in [3.05, 3.63) is 59.4 Å². The number of hydrogen-bond acceptors (Lipinski definition) is 8. The van der Waals surface area contributed by atoms with Gasteiger partial charge in [0.2, 0.25) is 0 Å². The van der Waals surface area contributed by atoms with E-state index in [2.05, 4.69) is 32.1 Å². The summed E-state index contributed by atoms with van der Waals surface area (Å²) in [5.74, 6) is 4.82. The Hall–Kier alpha value is -3.16. The number of aliphatic hydroxyl groups is 2. The third kappa shape index (κ3) is 10.8. The molecule has 1 amide bonds. The van der Waals surface area contributed by atoms with E-state index in [0.717, 1.165) is 45.8 Å². The lowest BCUT2D eigenvalue weighted by Crippen LogP contribution is -2.48. The second kappa shape index (κ2) is 15.7. The number of nitrogens with one attached hydrogen (secondary N) is 2. The van der Waals surface area contributed by atoms with Crippen molar-refractivity contribution in [1.29, 1.82) is 0 Å². The van der Waals surface area contributed by atoms with Crippen LogP contribution < -0.4 is 10.6 Å². The van der Waals surface area contributed by atoms with Crippen LogP contribution >= 0.6 is 0 Å². The number of allylic oxidation sites excluding steroid dienone is 3. The maximum atomic E-state index is 12.3. The van der Waals surface area contributed by atoms with Crippen molar-refractivity contribution in [1.82, 2.24) is 15.5 Å². The standard InChI is InChI=1S/C26H35N3O6/c1-20(30)24(26(33)34-2)28-25(32)22-11-9-21(10-12-22)7-4-3-5-8-23(31)19-27-13-6-14-29-15-17-35-18-16-29/h3,5,8-12,20,24,27,30-31H,6,13-19H2,1-2H3,(H,28,32)/b5-3+,23-8-. The number of methoxy groups -OCH3 is 1. The van der Waals surface area contributed by atoms with Crippen LogP contribution in [0.2, 0.25) is 0 Å². The maximum absolute atomic E-state index is 12.3. The number of ether oxygens (including phenoxy) is 2. The first-order valence-corrected chi connectivity index (χ1v) is 11.6. The van der Waals surface area contributed by atoms with Gasteiger partial charge in [-0.1, -0.05) is 17.9 Å². The van der Waals surface area contributed by atoms with E-state index in [4.69, 9.17) is 4.74 Å². The lowest BCUT2D eigenvalue weighted by atomic mass is 10.1. The van der Waals surface area contributed by atoms with Gasteiger partial charge in [0, 0.05) is 24.2 Å². The Morgan fingerprint density at radius 2 is 1.97 bits per heavy atom. The van der Waals surface area contributed by atoms with Gasteiger partial charge in [0.1, 0.15) is 5.76 Å². The van der Waals surface area contributed by atoms with Crippen LogP contribution in [0.3, 0.4) is 0 Å². The fourth-order valence-electron chi connectivity index (χ4n) is 3.29. The van der Waals surface area contributed by atoms with Crippen molar-refractivity contribution in [2.75, 3.05) is 53.0 Å². The normalized spacial score (nSPS) is 16.3. The minimum Gasteiger partial charge on any atom is -0.511 e. The lowest BCUT2D eigenvalue weighted by Gasteiger charge is -2.26. The molecule has 1 aliphatic rings. The molecule has 0 spiro atoms. The Balaban J connectivity index is 1.73. The molecule has 1 saturated heterocycles. The quantitative estimate of drug-likeness (QED) is 0.121. The molecule has 1 heterocycles. The summed E-state index contributed by atoms with van der Waals surface area (Å²) >= 11 is 0. The average Bonchev–Trinajstić information content (AvgIpc) is 2.87. The summed E-state index contributed by atoms with van der Waals surface area (Å²) in [5.41, 5.74) is 1.02. The summed E-state index contributed by atoms with van der Waals surface area (Å²) in [6.45, 7) is 7.23. The van der Waals surface area contributed by atoms with Crippen LogP contribution in [0.25, 0.3) is 0 Å². The number of esters is 1. The molecule has 1 aromatic carbocycles. The maximum Gasteiger partial charge on any atom is 0.331 e. The fourth-order valence-corrected chi connectivity index (χ4v) is 3.29. The van der Waals surface area contributed by atoms with Crippen molar-refractivity contribution in [3.63, 3.8) is 0 Å². The second-order valence-corrected chi connectivity index (χ2v) is 8.06. The van der Waals surface area contributed by atoms with Gasteiger partial charge in [-0.05, 0) is 62.9 Å². The smallest absolute Gasteiger partial charge is 0.331 e. The van der Waals surface area contributed by atoms with Crippen molar-refractivity contribution >= 4 is 11.9 Å². The first kappa shape index (κ1) is 28.1. The van der Waals surface area contributed by atoms with Crippen LogP contribution in [0.15, 0.2) is 48.3 Å². The topological polar surface area (TPSA) is 120 Å². The molecule has 1 fully saturated rings. The highest BCUT2D eigenvalue weighted by Crippen LogP contribution is 2.05. The van der Waals surface area contributed by atoms with Crippen LogP contribution in [0.5, 0.6) is 0 Å². The van der Waals surface area contributed by atoms with Crippen LogP contribution in [0, 0.1) is 11.8 Å². The zero-order chi connectivity index (χ0) is 25.5. The van der Waals surface area contributed by atoms with Gasteiger partial charge < -0.3 is 30.3 Å². The second-order valence-electron chi connectivity index (χ2n) is 8.06. The third-order valence-electron chi connectivity index (χ3n) is 5.29. The van der Waals surface area contributed by atoms with Gasteiger partial charge in [-0.15, -0.1) is 0 Å². The molecule has 2 unspecified atom stereocenters. The minimum absolute atomic E-state index is 0.229. The SMILES string of the molecule is COC(=O)C(NC(=O)c1ccc(C#C/C=C/C=C(\O)CNCCCN2CCOCC2)cc1)C(C)O. The molecule has 190 valence electrons. The van der Waals surface area contributed by atoms with E-state index in [1.807, 2.05) is 0 Å². The van der Waals surface area contributed by atoms with E-state index in [-0.39, 0.29) is 5.76 Å². The first-order chi connectivity index (χ1) is 16.9. The molecule has 0 radical (unpaired) electrons. The van der Waals surface area contributed by atoms with E-state index in [9.17, 15) is 19.8 Å². The summed E-state index contributed by atoms with van der Waals surface area (Å²) in [7, 11) is 1.19. The molecular weight excluding hydrogens is 450 g/mol. The van der Waals surface area contributed by atoms with E-state index in [1.165, 1.54) is 14.0 Å². The molecule has 0 aromatic heterocycles. The summed E-state index contributed by atoms with van der Waals surface area (Å²) in [5, 5.41) is 25.3. The zero-order valence-electron chi connectivity index (χ0n) is 20.3. The fraction of sp³-hybridized carbons (Fsp3) is 0.462. The number of aliphatic hydroxyl groups excluding tert-OH is 2. The number of hydrogen-bond donors (Lipinski definition) is 4. The highest BCUT2D eigenvalue weighted by Gasteiger charge is 2.26. The van der Waals surface area contributed by atoms with E-state index >= 15 is 0 Å². The van der Waals surface area contributed by atoms with Crippen LogP contribution in [0.1, 0.15) is 29.3 Å². The van der Waals surface area contributed by atoms with E-state index < -0.39 is 24.0 Å². The van der Waals surface area contributed by atoms with Crippen LogP contribution in [0.4, 0.5) is 0 Å². The lowest BCUT2D eigenvalue weighted by molar-refractivity contribution is -0.145. The monoisotopic (exact) mass is 485 g/mol. The first-order valence-electron chi connectivity index (χ1n) is 11.6. The molecule has 2 atom stereocenters. The van der Waals surface area contributed by atoms with E-state index in [1.54, 1.807) is 42.5 Å². The average molecular weight is 486 g/mol. The Morgan fingerprint density at radius 1 is 1.26 bits per heavy atom. The van der Waals surface area contributed by atoms with E-state index in [0.29, 0.717) is 17.7 Å². The summed E-state index contributed by atoms with van der Waals surface area (Å²) in [6, 6.07) is 5.37. The number of amides is 1. The Labute approximate surface area is 206 Å². The molecule has 4 N–H and O–H groups in total. The van der Waals surface area contributed by atoms with Crippen molar-refractivity contribution in [2.24, 2.45) is 0 Å². The van der Waals surface area contributed by atoms with Gasteiger partial charge >= 0.3 is 5.97 Å². The number of carbonyl (C=O) groups excluding carboxylic acids is 2. The van der Waals surface area contributed by atoms with Crippen molar-refractivity contribution < 1.29 is 29.3 Å². The number of morpholine rings is 1. The predicted octanol–water partition coefficient (Wildman–Crippen LogP) is 1.00. The van der Waals surface area contributed by atoms with Gasteiger partial charge in [-0.3, -0.25) is 9.69 Å². The minimum atomic E-state index is -1.15. The Morgan fingerprint density at radius 3 is 2.63 bits per heavy atom. The third-order valence-corrected chi connectivity index (χ3v) is 5.29. The Kier molecular flexibility index (Phi) is 12.6. The van der Waals surface area contributed by atoms with Gasteiger partial charge in [0.15, 0.2) is 6.04 Å².